The highest BCUT2D eigenvalue weighted by Gasteiger charge is 2.44. The predicted octanol–water partition coefficient (Wildman–Crippen LogP) is 2.43. The number of amides is 2. The molecule has 1 aromatic carbocycles. The van der Waals surface area contributed by atoms with Crippen molar-refractivity contribution in [2.24, 2.45) is 5.92 Å². The second-order valence-corrected chi connectivity index (χ2v) is 5.31. The van der Waals surface area contributed by atoms with E-state index in [1.165, 1.54) is 7.11 Å². The van der Waals surface area contributed by atoms with E-state index in [1.807, 2.05) is 0 Å². The maximum Gasteiger partial charge on any atom is 0.471 e. The standard InChI is InChI=1S/C15H17F3N2O3/c1-23-12-6-4-11(5-7-12)19-13(21)10-3-2-8-20(9-10)14(22)15(16,17)18/h4-7,10H,2-3,8-9H2,1H3,(H,19,21). The van der Waals surface area contributed by atoms with Crippen molar-refractivity contribution in [2.45, 2.75) is 19.0 Å². The lowest BCUT2D eigenvalue weighted by Gasteiger charge is -2.32. The van der Waals surface area contributed by atoms with E-state index in [0.29, 0.717) is 29.2 Å². The molecule has 1 aliphatic rings. The molecule has 126 valence electrons. The smallest absolute Gasteiger partial charge is 0.471 e. The topological polar surface area (TPSA) is 58.6 Å². The quantitative estimate of drug-likeness (QED) is 0.926. The van der Waals surface area contributed by atoms with E-state index in [0.717, 1.165) is 0 Å². The van der Waals surface area contributed by atoms with Crippen LogP contribution in [0.5, 0.6) is 5.75 Å². The summed E-state index contributed by atoms with van der Waals surface area (Å²) in [5.41, 5.74) is 0.523. The van der Waals surface area contributed by atoms with Crippen molar-refractivity contribution in [3.8, 4) is 5.75 Å². The molecule has 1 aliphatic heterocycles. The van der Waals surface area contributed by atoms with E-state index in [1.54, 1.807) is 24.3 Å². The molecule has 1 fully saturated rings. The van der Waals surface area contributed by atoms with Crippen LogP contribution in [-0.4, -0.2) is 43.1 Å². The highest BCUT2D eigenvalue weighted by Crippen LogP contribution is 2.25. The van der Waals surface area contributed by atoms with Gasteiger partial charge in [0.15, 0.2) is 0 Å². The number of piperidine rings is 1. The van der Waals surface area contributed by atoms with Crippen LogP contribution < -0.4 is 10.1 Å². The first-order chi connectivity index (χ1) is 10.8. The SMILES string of the molecule is COc1ccc(NC(=O)C2CCCN(C(=O)C(F)(F)F)C2)cc1. The largest absolute Gasteiger partial charge is 0.497 e. The fourth-order valence-electron chi connectivity index (χ4n) is 2.47. The van der Waals surface area contributed by atoms with Crippen LogP contribution in [-0.2, 0) is 9.59 Å². The molecule has 8 heteroatoms. The lowest BCUT2D eigenvalue weighted by atomic mass is 9.97. The molecule has 5 nitrogen and oxygen atoms in total. The van der Waals surface area contributed by atoms with Crippen molar-refractivity contribution in [3.63, 3.8) is 0 Å². The van der Waals surface area contributed by atoms with Gasteiger partial charge in [-0.05, 0) is 37.1 Å². The number of carbonyl (C=O) groups excluding carboxylic acids is 2. The van der Waals surface area contributed by atoms with Gasteiger partial charge in [0, 0.05) is 18.8 Å². The number of nitrogens with zero attached hydrogens (tertiary/aromatic N) is 1. The summed E-state index contributed by atoms with van der Waals surface area (Å²) in [5, 5.41) is 2.65. The average molecular weight is 330 g/mol. The molecule has 0 saturated carbocycles. The van der Waals surface area contributed by atoms with Gasteiger partial charge in [0.05, 0.1) is 13.0 Å². The van der Waals surface area contributed by atoms with E-state index in [2.05, 4.69) is 5.32 Å². The van der Waals surface area contributed by atoms with Crippen molar-refractivity contribution >= 4 is 17.5 Å². The Labute approximate surface area is 131 Å². The number of methoxy groups -OCH3 is 1. The number of alkyl halides is 3. The van der Waals surface area contributed by atoms with Gasteiger partial charge in [-0.1, -0.05) is 0 Å². The summed E-state index contributed by atoms with van der Waals surface area (Å²) >= 11 is 0. The molecule has 0 aromatic heterocycles. The second-order valence-electron chi connectivity index (χ2n) is 5.31. The summed E-state index contributed by atoms with van der Waals surface area (Å²) in [6.07, 6.45) is -4.10. The Morgan fingerprint density at radius 2 is 1.91 bits per heavy atom. The molecule has 0 spiro atoms. The summed E-state index contributed by atoms with van der Waals surface area (Å²) in [7, 11) is 1.52. The summed E-state index contributed by atoms with van der Waals surface area (Å²) in [5.74, 6) is -2.31. The molecule has 1 N–H and O–H groups in total. The molecular formula is C15H17F3N2O3. The van der Waals surface area contributed by atoms with E-state index in [-0.39, 0.29) is 13.1 Å². The van der Waals surface area contributed by atoms with Crippen LogP contribution >= 0.6 is 0 Å². The number of rotatable bonds is 3. The van der Waals surface area contributed by atoms with Gasteiger partial charge in [0.1, 0.15) is 5.75 Å². The molecule has 2 rings (SSSR count). The summed E-state index contributed by atoms with van der Waals surface area (Å²) in [6, 6.07) is 6.60. The summed E-state index contributed by atoms with van der Waals surface area (Å²) in [6.45, 7) is -0.203. The van der Waals surface area contributed by atoms with Crippen LogP contribution in [0.4, 0.5) is 18.9 Å². The van der Waals surface area contributed by atoms with Crippen molar-refractivity contribution in [1.82, 2.24) is 4.90 Å². The highest BCUT2D eigenvalue weighted by molar-refractivity contribution is 5.93. The lowest BCUT2D eigenvalue weighted by Crippen LogP contribution is -2.48. The Morgan fingerprint density at radius 1 is 1.26 bits per heavy atom. The van der Waals surface area contributed by atoms with Gasteiger partial charge in [-0.25, -0.2) is 0 Å². The van der Waals surface area contributed by atoms with Crippen LogP contribution in [0.2, 0.25) is 0 Å². The van der Waals surface area contributed by atoms with E-state index >= 15 is 0 Å². The minimum Gasteiger partial charge on any atom is -0.497 e. The Balaban J connectivity index is 1.97. The average Bonchev–Trinajstić information content (AvgIpc) is 2.54. The van der Waals surface area contributed by atoms with Gasteiger partial charge in [0.2, 0.25) is 5.91 Å². The minimum absolute atomic E-state index is 0.0185. The molecule has 0 aliphatic carbocycles. The number of carbonyl (C=O) groups is 2. The van der Waals surface area contributed by atoms with Gasteiger partial charge in [-0.15, -0.1) is 0 Å². The first-order valence-corrected chi connectivity index (χ1v) is 7.12. The number of hydrogen-bond acceptors (Lipinski definition) is 3. The van der Waals surface area contributed by atoms with Gasteiger partial charge in [0.25, 0.3) is 0 Å². The van der Waals surface area contributed by atoms with Gasteiger partial charge in [-0.2, -0.15) is 13.2 Å². The second kappa shape index (κ2) is 6.89. The molecule has 1 unspecified atom stereocenters. The molecule has 1 atom stereocenters. The van der Waals surface area contributed by atoms with Crippen molar-refractivity contribution in [2.75, 3.05) is 25.5 Å². The zero-order valence-electron chi connectivity index (χ0n) is 12.5. The monoisotopic (exact) mass is 330 g/mol. The zero-order valence-corrected chi connectivity index (χ0v) is 12.5. The van der Waals surface area contributed by atoms with Crippen LogP contribution in [0.25, 0.3) is 0 Å². The van der Waals surface area contributed by atoms with Gasteiger partial charge < -0.3 is 15.0 Å². The third-order valence-electron chi connectivity index (χ3n) is 3.68. The number of halogens is 3. The van der Waals surface area contributed by atoms with Crippen molar-refractivity contribution in [1.29, 1.82) is 0 Å². The molecule has 2 amide bonds. The third kappa shape index (κ3) is 4.37. The lowest BCUT2D eigenvalue weighted by molar-refractivity contribution is -0.187. The predicted molar refractivity (Wildman–Crippen MR) is 77.0 cm³/mol. The van der Waals surface area contributed by atoms with Gasteiger partial charge >= 0.3 is 12.1 Å². The Morgan fingerprint density at radius 3 is 2.48 bits per heavy atom. The van der Waals surface area contributed by atoms with Crippen molar-refractivity contribution in [3.05, 3.63) is 24.3 Å². The number of ether oxygens (including phenoxy) is 1. The van der Waals surface area contributed by atoms with Crippen LogP contribution in [0, 0.1) is 5.92 Å². The first kappa shape index (κ1) is 17.1. The maximum atomic E-state index is 12.5. The van der Waals surface area contributed by atoms with Crippen molar-refractivity contribution < 1.29 is 27.5 Å². The number of nitrogens with one attached hydrogen (secondary N) is 1. The molecule has 1 aromatic rings. The van der Waals surface area contributed by atoms with Crippen LogP contribution in [0.15, 0.2) is 24.3 Å². The first-order valence-electron chi connectivity index (χ1n) is 7.12. The minimum atomic E-state index is -4.91. The van der Waals surface area contributed by atoms with Crippen LogP contribution in [0.3, 0.4) is 0 Å². The molecular weight excluding hydrogens is 313 g/mol. The Bertz CT molecular complexity index is 572. The number of benzene rings is 1. The maximum absolute atomic E-state index is 12.5. The number of hydrogen-bond donors (Lipinski definition) is 1. The highest BCUT2D eigenvalue weighted by atomic mass is 19.4. The molecule has 1 heterocycles. The fraction of sp³-hybridized carbons (Fsp3) is 0.467. The molecule has 1 saturated heterocycles. The summed E-state index contributed by atoms with van der Waals surface area (Å²) in [4.78, 5) is 24.1. The summed E-state index contributed by atoms with van der Waals surface area (Å²) < 4.78 is 42.4. The van der Waals surface area contributed by atoms with Gasteiger partial charge in [-0.3, -0.25) is 9.59 Å². The van der Waals surface area contributed by atoms with E-state index in [9.17, 15) is 22.8 Å². The van der Waals surface area contributed by atoms with E-state index in [4.69, 9.17) is 4.74 Å². The number of likely N-dealkylation sites (tertiary alicyclic amines) is 1. The number of anilines is 1. The van der Waals surface area contributed by atoms with E-state index < -0.39 is 23.9 Å². The molecule has 0 radical (unpaired) electrons. The molecule has 0 bridgehead atoms. The molecule has 23 heavy (non-hydrogen) atoms. The normalized spacial score (nSPS) is 18.4. The third-order valence-corrected chi connectivity index (χ3v) is 3.68. The fourth-order valence-corrected chi connectivity index (χ4v) is 2.47. The van der Waals surface area contributed by atoms with Crippen LogP contribution in [0.1, 0.15) is 12.8 Å². The zero-order chi connectivity index (χ0) is 17.0. The Kier molecular flexibility index (Phi) is 5.12. The Hall–Kier alpha value is -2.25.